The maximum Gasteiger partial charge on any atom is 0.247 e. The van der Waals surface area contributed by atoms with E-state index in [2.05, 4.69) is 15.6 Å². The van der Waals surface area contributed by atoms with E-state index in [1.807, 2.05) is 85.8 Å². The number of ether oxygens (including phenoxy) is 1. The number of aromatic nitrogens is 3. The number of rotatable bonds is 10. The number of hydrogen-bond acceptors (Lipinski definition) is 5. The van der Waals surface area contributed by atoms with Crippen LogP contribution in [0, 0.1) is 6.92 Å². The van der Waals surface area contributed by atoms with Crippen LogP contribution in [-0.2, 0) is 27.3 Å². The normalized spacial score (nSPS) is 15.9. The van der Waals surface area contributed by atoms with Gasteiger partial charge in [-0.1, -0.05) is 71.9 Å². The van der Waals surface area contributed by atoms with Gasteiger partial charge in [-0.2, -0.15) is 0 Å². The van der Waals surface area contributed by atoms with Crippen molar-refractivity contribution in [1.29, 1.82) is 0 Å². The first-order chi connectivity index (χ1) is 18.6. The summed E-state index contributed by atoms with van der Waals surface area (Å²) in [6.07, 6.45) is 2.54. The van der Waals surface area contributed by atoms with Crippen molar-refractivity contribution in [3.05, 3.63) is 95.6 Å². The van der Waals surface area contributed by atoms with Gasteiger partial charge in [-0.25, -0.2) is 4.68 Å². The van der Waals surface area contributed by atoms with Gasteiger partial charge in [0, 0.05) is 19.7 Å². The summed E-state index contributed by atoms with van der Waals surface area (Å²) in [5.41, 5.74) is 4.36. The monoisotopic (exact) mass is 511 g/mol. The third-order valence-corrected chi connectivity index (χ3v) is 7.08. The summed E-state index contributed by atoms with van der Waals surface area (Å²) in [6.45, 7) is 3.48. The molecule has 8 heteroatoms. The second-order valence-corrected chi connectivity index (χ2v) is 9.70. The van der Waals surface area contributed by atoms with Gasteiger partial charge in [0.25, 0.3) is 0 Å². The van der Waals surface area contributed by atoms with E-state index in [0.717, 1.165) is 47.2 Å². The van der Waals surface area contributed by atoms with Crippen LogP contribution in [0.5, 0.6) is 0 Å². The number of carbonyl (C=O) groups excluding carboxylic acids is 2. The maximum absolute atomic E-state index is 14.0. The Bertz CT molecular complexity index is 1380. The summed E-state index contributed by atoms with van der Waals surface area (Å²) in [6, 6.07) is 24.5. The lowest BCUT2D eigenvalue weighted by molar-refractivity contribution is -0.141. The molecule has 5 rings (SSSR count). The van der Waals surface area contributed by atoms with Crippen molar-refractivity contribution < 1.29 is 14.3 Å². The molecule has 2 atom stereocenters. The van der Waals surface area contributed by atoms with Gasteiger partial charge in [-0.3, -0.25) is 9.59 Å². The average Bonchev–Trinajstić information content (AvgIpc) is 3.61. The van der Waals surface area contributed by atoms with Crippen LogP contribution in [0.2, 0.25) is 0 Å². The third-order valence-electron chi connectivity index (χ3n) is 7.08. The molecule has 2 heterocycles. The first-order valence-electron chi connectivity index (χ1n) is 13.2. The number of amides is 2. The molecular formula is C30H33N5O3. The van der Waals surface area contributed by atoms with Crippen molar-refractivity contribution in [3.8, 4) is 0 Å². The molecule has 0 saturated carbocycles. The van der Waals surface area contributed by atoms with Crippen molar-refractivity contribution in [3.63, 3.8) is 0 Å². The fourth-order valence-corrected chi connectivity index (χ4v) is 5.01. The largest absolute Gasteiger partial charge is 0.376 e. The van der Waals surface area contributed by atoms with E-state index in [1.54, 1.807) is 9.58 Å². The van der Waals surface area contributed by atoms with Crippen LogP contribution in [0.25, 0.3) is 11.0 Å². The molecule has 0 radical (unpaired) electrons. The first-order valence-corrected chi connectivity index (χ1v) is 13.2. The summed E-state index contributed by atoms with van der Waals surface area (Å²) in [5, 5.41) is 11.5. The molecule has 1 aliphatic heterocycles. The minimum Gasteiger partial charge on any atom is -0.376 e. The lowest BCUT2D eigenvalue weighted by Gasteiger charge is -2.32. The smallest absolute Gasteiger partial charge is 0.247 e. The van der Waals surface area contributed by atoms with E-state index < -0.39 is 6.04 Å². The number of para-hydroxylation sites is 1. The quantitative estimate of drug-likeness (QED) is 0.349. The van der Waals surface area contributed by atoms with Gasteiger partial charge in [-0.15, -0.1) is 5.10 Å². The molecule has 196 valence electrons. The van der Waals surface area contributed by atoms with E-state index in [0.29, 0.717) is 19.5 Å². The summed E-state index contributed by atoms with van der Waals surface area (Å²) in [7, 11) is 0. The summed E-state index contributed by atoms with van der Waals surface area (Å²) in [5.74, 6) is -0.406. The zero-order chi connectivity index (χ0) is 26.3. The molecule has 1 aromatic heterocycles. The Balaban J connectivity index is 1.47. The van der Waals surface area contributed by atoms with Crippen LogP contribution in [0.3, 0.4) is 0 Å². The number of carbonyl (C=O) groups is 2. The van der Waals surface area contributed by atoms with Gasteiger partial charge in [0.2, 0.25) is 11.8 Å². The fourth-order valence-electron chi connectivity index (χ4n) is 5.01. The van der Waals surface area contributed by atoms with Crippen LogP contribution < -0.4 is 5.32 Å². The lowest BCUT2D eigenvalue weighted by Crippen LogP contribution is -2.47. The minimum absolute atomic E-state index is 0.00598. The summed E-state index contributed by atoms with van der Waals surface area (Å²) >= 11 is 0. The van der Waals surface area contributed by atoms with Crippen LogP contribution in [0.15, 0.2) is 78.9 Å². The summed E-state index contributed by atoms with van der Waals surface area (Å²) in [4.78, 5) is 29.5. The number of hydrogen-bond donors (Lipinski definition) is 1. The standard InChI is InChI=1S/C30H33N5O3/c1-22-10-5-6-14-25(22)29(30(37)31-20-24-13-9-19-38-24)34(18-17-23-11-3-2-4-12-23)28(36)21-35-27-16-8-7-15-26(27)32-33-35/h2-8,10-12,14-16,24,29H,9,13,17-21H2,1H3,(H,31,37)/t24-,29-/m1/s1. The van der Waals surface area contributed by atoms with Crippen molar-refractivity contribution in [2.45, 2.75) is 44.9 Å². The Morgan fingerprint density at radius 1 is 1.05 bits per heavy atom. The number of aryl methyl sites for hydroxylation is 1. The van der Waals surface area contributed by atoms with E-state index in [9.17, 15) is 9.59 Å². The first kappa shape index (κ1) is 25.6. The van der Waals surface area contributed by atoms with Gasteiger partial charge >= 0.3 is 0 Å². The van der Waals surface area contributed by atoms with Gasteiger partial charge in [-0.05, 0) is 55.0 Å². The van der Waals surface area contributed by atoms with Crippen molar-refractivity contribution in [2.75, 3.05) is 19.7 Å². The lowest BCUT2D eigenvalue weighted by atomic mass is 9.98. The van der Waals surface area contributed by atoms with Crippen molar-refractivity contribution in [1.82, 2.24) is 25.2 Å². The van der Waals surface area contributed by atoms with Crippen molar-refractivity contribution >= 4 is 22.8 Å². The van der Waals surface area contributed by atoms with Crippen LogP contribution in [0.4, 0.5) is 0 Å². The molecule has 0 bridgehead atoms. The molecule has 0 spiro atoms. The number of fused-ring (bicyclic) bond motifs is 1. The van der Waals surface area contributed by atoms with Crippen LogP contribution in [0.1, 0.15) is 35.6 Å². The predicted octanol–water partition coefficient (Wildman–Crippen LogP) is 3.85. The molecule has 2 amide bonds. The molecule has 3 aromatic carbocycles. The Labute approximate surface area is 222 Å². The van der Waals surface area contributed by atoms with Gasteiger partial charge in [0.05, 0.1) is 11.6 Å². The molecule has 1 aliphatic rings. The maximum atomic E-state index is 14.0. The molecule has 8 nitrogen and oxygen atoms in total. The topological polar surface area (TPSA) is 89.4 Å². The zero-order valence-corrected chi connectivity index (χ0v) is 21.6. The van der Waals surface area contributed by atoms with Gasteiger partial charge in [0.1, 0.15) is 18.1 Å². The SMILES string of the molecule is Cc1ccccc1[C@H](C(=O)NC[C@H]1CCCO1)N(CCc1ccccc1)C(=O)Cn1nnc2ccccc21. The van der Waals surface area contributed by atoms with E-state index in [4.69, 9.17) is 4.74 Å². The molecule has 1 fully saturated rings. The van der Waals surface area contributed by atoms with Gasteiger partial charge < -0.3 is 15.0 Å². The van der Waals surface area contributed by atoms with E-state index >= 15 is 0 Å². The van der Waals surface area contributed by atoms with E-state index in [-0.39, 0.29) is 24.5 Å². The minimum atomic E-state index is -0.788. The number of nitrogens with one attached hydrogen (secondary N) is 1. The Morgan fingerprint density at radius 2 is 1.82 bits per heavy atom. The average molecular weight is 512 g/mol. The number of benzene rings is 3. The highest BCUT2D eigenvalue weighted by Crippen LogP contribution is 2.26. The van der Waals surface area contributed by atoms with E-state index in [1.165, 1.54) is 0 Å². The zero-order valence-electron chi connectivity index (χ0n) is 21.6. The summed E-state index contributed by atoms with van der Waals surface area (Å²) < 4.78 is 7.33. The molecule has 1 saturated heterocycles. The molecule has 4 aromatic rings. The molecule has 1 N–H and O–H groups in total. The highest BCUT2D eigenvalue weighted by Gasteiger charge is 2.33. The Hall–Kier alpha value is -4.04. The molecule has 0 unspecified atom stereocenters. The third kappa shape index (κ3) is 5.92. The fraction of sp³-hybridized carbons (Fsp3) is 0.333. The second kappa shape index (κ2) is 12.0. The highest BCUT2D eigenvalue weighted by atomic mass is 16.5. The van der Waals surface area contributed by atoms with Crippen LogP contribution in [-0.4, -0.2) is 57.5 Å². The van der Waals surface area contributed by atoms with Crippen LogP contribution >= 0.6 is 0 Å². The van der Waals surface area contributed by atoms with Gasteiger partial charge in [0.15, 0.2) is 0 Å². The Morgan fingerprint density at radius 3 is 2.61 bits per heavy atom. The second-order valence-electron chi connectivity index (χ2n) is 9.70. The Kier molecular flexibility index (Phi) is 8.09. The predicted molar refractivity (Wildman–Crippen MR) is 145 cm³/mol. The number of nitrogens with zero attached hydrogens (tertiary/aromatic N) is 4. The molecular weight excluding hydrogens is 478 g/mol. The van der Waals surface area contributed by atoms with Crippen molar-refractivity contribution in [2.24, 2.45) is 0 Å². The highest BCUT2D eigenvalue weighted by molar-refractivity contribution is 5.89. The molecule has 0 aliphatic carbocycles. The molecule has 38 heavy (non-hydrogen) atoms.